The van der Waals surface area contributed by atoms with Gasteiger partial charge in [0, 0.05) is 18.9 Å². The fraction of sp³-hybridized carbons (Fsp3) is 0.381. The maximum absolute atomic E-state index is 13.1. The van der Waals surface area contributed by atoms with Crippen LogP contribution in [0.4, 0.5) is 0 Å². The summed E-state index contributed by atoms with van der Waals surface area (Å²) in [4.78, 5) is 19.1. The Bertz CT molecular complexity index is 785. The molecule has 0 N–H and O–H groups in total. The van der Waals surface area contributed by atoms with Gasteiger partial charge in [0.05, 0.1) is 17.7 Å². The Hall–Kier alpha value is -2.87. The van der Waals surface area contributed by atoms with Gasteiger partial charge in [0.1, 0.15) is 5.75 Å². The summed E-state index contributed by atoms with van der Waals surface area (Å²) in [5.74, 6) is 0.524. The van der Waals surface area contributed by atoms with Crippen LogP contribution >= 0.6 is 0 Å². The largest absolute Gasteiger partial charge is 0.481 e. The van der Waals surface area contributed by atoms with Crippen molar-refractivity contribution in [3.8, 4) is 11.8 Å². The van der Waals surface area contributed by atoms with E-state index in [4.69, 9.17) is 10.00 Å². The molecule has 5 nitrogen and oxygen atoms in total. The van der Waals surface area contributed by atoms with Gasteiger partial charge in [-0.25, -0.2) is 0 Å². The van der Waals surface area contributed by atoms with Gasteiger partial charge in [0.2, 0.25) is 0 Å². The molecular formula is C21H23N3O2. The molecule has 1 aliphatic rings. The van der Waals surface area contributed by atoms with Gasteiger partial charge in [0.25, 0.3) is 5.91 Å². The third-order valence-electron chi connectivity index (χ3n) is 4.75. The zero-order valence-electron chi connectivity index (χ0n) is 15.0. The molecule has 0 aliphatic carbocycles. The molecule has 3 rings (SSSR count). The minimum absolute atomic E-state index is 0.0175. The minimum Gasteiger partial charge on any atom is -0.481 e. The van der Waals surface area contributed by atoms with Gasteiger partial charge in [0.15, 0.2) is 6.10 Å². The van der Waals surface area contributed by atoms with Crippen LogP contribution in [0.3, 0.4) is 0 Å². The van der Waals surface area contributed by atoms with Crippen molar-refractivity contribution in [2.75, 3.05) is 6.54 Å². The van der Waals surface area contributed by atoms with E-state index in [1.54, 1.807) is 43.6 Å². The van der Waals surface area contributed by atoms with E-state index in [1.807, 2.05) is 17.0 Å². The first kappa shape index (κ1) is 17.9. The van der Waals surface area contributed by atoms with Crippen molar-refractivity contribution in [2.24, 2.45) is 0 Å². The van der Waals surface area contributed by atoms with Gasteiger partial charge < -0.3 is 9.64 Å². The van der Waals surface area contributed by atoms with Gasteiger partial charge in [-0.15, -0.1) is 0 Å². The maximum Gasteiger partial charge on any atom is 0.263 e. The van der Waals surface area contributed by atoms with Crippen LogP contribution in [-0.4, -0.2) is 28.4 Å². The van der Waals surface area contributed by atoms with Crippen molar-refractivity contribution in [1.29, 1.82) is 5.26 Å². The number of amides is 1. The molecule has 1 saturated heterocycles. The van der Waals surface area contributed by atoms with E-state index in [9.17, 15) is 4.79 Å². The summed E-state index contributed by atoms with van der Waals surface area (Å²) >= 11 is 0. The SMILES string of the molecule is C[C@H](Oc1cccc(C#N)c1)C(=O)N1CCCCC[C@H]1c1ccncc1. The summed E-state index contributed by atoms with van der Waals surface area (Å²) in [5, 5.41) is 9.02. The first-order valence-corrected chi connectivity index (χ1v) is 9.06. The zero-order valence-corrected chi connectivity index (χ0v) is 15.0. The van der Waals surface area contributed by atoms with Crippen molar-refractivity contribution in [1.82, 2.24) is 9.88 Å². The molecule has 0 saturated carbocycles. The third kappa shape index (κ3) is 4.20. The molecule has 0 unspecified atom stereocenters. The summed E-state index contributed by atoms with van der Waals surface area (Å²) < 4.78 is 5.84. The summed E-state index contributed by atoms with van der Waals surface area (Å²) in [6.07, 6.45) is 7.13. The molecule has 0 radical (unpaired) electrons. The quantitative estimate of drug-likeness (QED) is 0.840. The molecule has 26 heavy (non-hydrogen) atoms. The molecule has 2 atom stereocenters. The number of carbonyl (C=O) groups is 1. The van der Waals surface area contributed by atoms with Crippen LogP contribution in [0.5, 0.6) is 5.75 Å². The standard InChI is InChI=1S/C21H23N3O2/c1-16(26-19-7-5-6-17(14-19)15-22)21(25)24-13-4-2-3-8-20(24)18-9-11-23-12-10-18/h5-7,9-12,14,16,20H,2-4,8,13H2,1H3/t16-,20-/m0/s1. The molecule has 0 bridgehead atoms. The van der Waals surface area contributed by atoms with Crippen molar-refractivity contribution in [3.63, 3.8) is 0 Å². The lowest BCUT2D eigenvalue weighted by atomic mass is 10.0. The monoisotopic (exact) mass is 349 g/mol. The summed E-state index contributed by atoms with van der Waals surface area (Å²) in [7, 11) is 0. The average Bonchev–Trinajstić information content (AvgIpc) is 2.94. The van der Waals surface area contributed by atoms with E-state index in [1.165, 1.54) is 0 Å². The molecule has 1 fully saturated rings. The van der Waals surface area contributed by atoms with Crippen molar-refractivity contribution < 1.29 is 9.53 Å². The summed E-state index contributed by atoms with van der Waals surface area (Å²) in [6, 6.07) is 13.0. The Labute approximate surface area is 154 Å². The molecule has 1 amide bonds. The third-order valence-corrected chi connectivity index (χ3v) is 4.75. The van der Waals surface area contributed by atoms with E-state index >= 15 is 0 Å². The number of nitriles is 1. The molecule has 134 valence electrons. The Balaban J connectivity index is 1.77. The van der Waals surface area contributed by atoms with E-state index in [0.29, 0.717) is 11.3 Å². The second kappa shape index (κ2) is 8.48. The number of aromatic nitrogens is 1. The molecule has 2 heterocycles. The van der Waals surface area contributed by atoms with Gasteiger partial charge in [-0.3, -0.25) is 9.78 Å². The fourth-order valence-electron chi connectivity index (χ4n) is 3.43. The van der Waals surface area contributed by atoms with E-state index in [-0.39, 0.29) is 11.9 Å². The number of benzene rings is 1. The lowest BCUT2D eigenvalue weighted by Crippen LogP contribution is -2.42. The summed E-state index contributed by atoms with van der Waals surface area (Å²) in [5.41, 5.74) is 1.64. The first-order chi connectivity index (χ1) is 12.7. The number of pyridine rings is 1. The van der Waals surface area contributed by atoms with Gasteiger partial charge in [-0.05, 0) is 55.7 Å². The lowest BCUT2D eigenvalue weighted by Gasteiger charge is -2.32. The van der Waals surface area contributed by atoms with E-state index in [0.717, 1.165) is 37.8 Å². The highest BCUT2D eigenvalue weighted by molar-refractivity contribution is 5.81. The van der Waals surface area contributed by atoms with Crippen molar-refractivity contribution in [3.05, 3.63) is 59.9 Å². The maximum atomic E-state index is 13.1. The smallest absolute Gasteiger partial charge is 0.263 e. The predicted molar refractivity (Wildman–Crippen MR) is 98.4 cm³/mol. The zero-order chi connectivity index (χ0) is 18.4. The molecule has 0 spiro atoms. The van der Waals surface area contributed by atoms with Gasteiger partial charge in [-0.2, -0.15) is 5.26 Å². The van der Waals surface area contributed by atoms with Crippen LogP contribution in [0, 0.1) is 11.3 Å². The summed E-state index contributed by atoms with van der Waals surface area (Å²) in [6.45, 7) is 2.51. The molecule has 1 aliphatic heterocycles. The predicted octanol–water partition coefficient (Wildman–Crippen LogP) is 3.86. The Kier molecular flexibility index (Phi) is 5.85. The van der Waals surface area contributed by atoms with Crippen LogP contribution in [0.25, 0.3) is 0 Å². The van der Waals surface area contributed by atoms with E-state index < -0.39 is 6.10 Å². The highest BCUT2D eigenvalue weighted by Crippen LogP contribution is 2.30. The second-order valence-corrected chi connectivity index (χ2v) is 6.58. The molecule has 1 aromatic heterocycles. The van der Waals surface area contributed by atoms with Crippen LogP contribution in [0.1, 0.15) is 49.8 Å². The number of rotatable bonds is 4. The topological polar surface area (TPSA) is 66.2 Å². The van der Waals surface area contributed by atoms with Crippen LogP contribution in [0.15, 0.2) is 48.8 Å². The highest BCUT2D eigenvalue weighted by atomic mass is 16.5. The molecule has 2 aromatic rings. The number of likely N-dealkylation sites (tertiary alicyclic amines) is 1. The Morgan fingerprint density at radius 2 is 2.08 bits per heavy atom. The van der Waals surface area contributed by atoms with Crippen LogP contribution in [0.2, 0.25) is 0 Å². The normalized spacial score (nSPS) is 18.5. The van der Waals surface area contributed by atoms with Crippen molar-refractivity contribution >= 4 is 5.91 Å². The van der Waals surface area contributed by atoms with Crippen LogP contribution < -0.4 is 4.74 Å². The second-order valence-electron chi connectivity index (χ2n) is 6.58. The minimum atomic E-state index is -0.605. The number of nitrogens with zero attached hydrogens (tertiary/aromatic N) is 3. The van der Waals surface area contributed by atoms with E-state index in [2.05, 4.69) is 11.1 Å². The number of ether oxygens (including phenoxy) is 1. The van der Waals surface area contributed by atoms with Crippen LogP contribution in [-0.2, 0) is 4.79 Å². The Morgan fingerprint density at radius 3 is 2.85 bits per heavy atom. The number of carbonyl (C=O) groups excluding carboxylic acids is 1. The molecule has 1 aromatic carbocycles. The average molecular weight is 349 g/mol. The van der Waals surface area contributed by atoms with Gasteiger partial charge >= 0.3 is 0 Å². The fourth-order valence-corrected chi connectivity index (χ4v) is 3.43. The highest BCUT2D eigenvalue weighted by Gasteiger charge is 2.30. The lowest BCUT2D eigenvalue weighted by molar-refractivity contribution is -0.140. The molecule has 5 heteroatoms. The molecular weight excluding hydrogens is 326 g/mol. The first-order valence-electron chi connectivity index (χ1n) is 9.06. The number of hydrogen-bond donors (Lipinski definition) is 0. The number of hydrogen-bond acceptors (Lipinski definition) is 4. The Morgan fingerprint density at radius 1 is 1.27 bits per heavy atom. The van der Waals surface area contributed by atoms with Crippen molar-refractivity contribution in [2.45, 2.75) is 44.8 Å². The van der Waals surface area contributed by atoms with Gasteiger partial charge in [-0.1, -0.05) is 18.9 Å².